The van der Waals surface area contributed by atoms with Gasteiger partial charge in [-0.15, -0.1) is 0 Å². The first-order valence-electron chi connectivity index (χ1n) is 6.79. The number of hydrogen-bond acceptors (Lipinski definition) is 3. The highest BCUT2D eigenvalue weighted by Crippen LogP contribution is 2.25. The molecule has 2 aromatic rings. The van der Waals surface area contributed by atoms with E-state index < -0.39 is 12.7 Å². The lowest BCUT2D eigenvalue weighted by Gasteiger charge is -2.24. The lowest BCUT2D eigenvalue weighted by Crippen LogP contribution is -2.34. The smallest absolute Gasteiger partial charge is 0.348 e. The second-order valence-electron chi connectivity index (χ2n) is 4.82. The number of aromatic nitrogens is 1. The van der Waals surface area contributed by atoms with Crippen molar-refractivity contribution in [3.8, 4) is 0 Å². The van der Waals surface area contributed by atoms with Crippen LogP contribution < -0.4 is 10.2 Å². The molecule has 0 aliphatic rings. The van der Waals surface area contributed by atoms with Crippen molar-refractivity contribution < 1.29 is 13.2 Å². The van der Waals surface area contributed by atoms with E-state index in [4.69, 9.17) is 0 Å². The predicted octanol–water partition coefficient (Wildman–Crippen LogP) is 3.34. The van der Waals surface area contributed by atoms with Crippen LogP contribution in [0.15, 0.2) is 30.3 Å². The molecule has 0 amide bonds. The predicted molar refractivity (Wildman–Crippen MR) is 78.4 cm³/mol. The van der Waals surface area contributed by atoms with Crippen LogP contribution in [0, 0.1) is 0 Å². The summed E-state index contributed by atoms with van der Waals surface area (Å²) in [4.78, 5) is 5.61. The highest BCUT2D eigenvalue weighted by molar-refractivity contribution is 5.84. The van der Waals surface area contributed by atoms with E-state index in [0.29, 0.717) is 17.9 Å². The number of fused-ring (bicyclic) bond motifs is 1. The fourth-order valence-electron chi connectivity index (χ4n) is 2.30. The minimum atomic E-state index is -4.24. The van der Waals surface area contributed by atoms with Crippen molar-refractivity contribution >= 4 is 16.7 Å². The monoisotopic (exact) mass is 297 g/mol. The Morgan fingerprint density at radius 1 is 1.24 bits per heavy atom. The van der Waals surface area contributed by atoms with Crippen LogP contribution in [0.2, 0.25) is 0 Å². The summed E-state index contributed by atoms with van der Waals surface area (Å²) < 4.78 is 38.0. The van der Waals surface area contributed by atoms with Gasteiger partial charge in [-0.1, -0.05) is 18.2 Å². The van der Waals surface area contributed by atoms with Crippen molar-refractivity contribution in [1.82, 2.24) is 10.3 Å². The molecule has 0 radical (unpaired) electrons. The molecule has 1 N–H and O–H groups in total. The van der Waals surface area contributed by atoms with Gasteiger partial charge in [-0.05, 0) is 31.7 Å². The fourth-order valence-corrected chi connectivity index (χ4v) is 2.30. The van der Waals surface area contributed by atoms with Gasteiger partial charge in [0, 0.05) is 18.5 Å². The molecule has 21 heavy (non-hydrogen) atoms. The molecule has 0 saturated heterocycles. The topological polar surface area (TPSA) is 28.2 Å². The minimum absolute atomic E-state index is 0.254. The summed E-state index contributed by atoms with van der Waals surface area (Å²) in [5.41, 5.74) is 1.65. The van der Waals surface area contributed by atoms with Gasteiger partial charge in [-0.25, -0.2) is 4.98 Å². The van der Waals surface area contributed by atoms with Crippen LogP contribution in [-0.4, -0.2) is 31.3 Å². The van der Waals surface area contributed by atoms with Crippen LogP contribution in [0.4, 0.5) is 19.0 Å². The van der Waals surface area contributed by atoms with Gasteiger partial charge in [0.25, 0.3) is 0 Å². The normalized spacial score (nSPS) is 11.9. The molecule has 114 valence electrons. The van der Waals surface area contributed by atoms with Gasteiger partial charge in [0.15, 0.2) is 0 Å². The molecule has 0 unspecified atom stereocenters. The highest BCUT2D eigenvalue weighted by Gasteiger charge is 2.31. The number of rotatable bonds is 5. The van der Waals surface area contributed by atoms with Gasteiger partial charge in [0.05, 0.1) is 5.52 Å². The van der Waals surface area contributed by atoms with Crippen LogP contribution in [0.25, 0.3) is 10.9 Å². The number of anilines is 1. The Bertz CT molecular complexity index is 611. The summed E-state index contributed by atoms with van der Waals surface area (Å²) in [5.74, 6) is 0.360. The lowest BCUT2D eigenvalue weighted by atomic mass is 10.1. The zero-order chi connectivity index (χ0) is 15.5. The molecule has 0 atom stereocenters. The number of nitrogens with zero attached hydrogens (tertiary/aromatic N) is 2. The molecule has 0 aliphatic carbocycles. The maximum atomic E-state index is 12.7. The number of halogens is 3. The molecule has 0 saturated carbocycles. The van der Waals surface area contributed by atoms with Crippen LogP contribution in [0.5, 0.6) is 0 Å². The summed E-state index contributed by atoms with van der Waals surface area (Å²) in [6, 6.07) is 9.21. The maximum Gasteiger partial charge on any atom is 0.405 e. The molecule has 0 spiro atoms. The summed E-state index contributed by atoms with van der Waals surface area (Å²) in [7, 11) is 1.81. The van der Waals surface area contributed by atoms with Crippen LogP contribution in [-0.2, 0) is 6.54 Å². The van der Waals surface area contributed by atoms with Crippen molar-refractivity contribution in [3.05, 3.63) is 35.9 Å². The van der Waals surface area contributed by atoms with Crippen LogP contribution in [0.1, 0.15) is 12.5 Å². The Kier molecular flexibility index (Phi) is 4.67. The number of benzene rings is 1. The van der Waals surface area contributed by atoms with Crippen molar-refractivity contribution in [2.75, 3.05) is 25.0 Å². The number of para-hydroxylation sites is 1. The quantitative estimate of drug-likeness (QED) is 0.917. The molecule has 6 heteroatoms. The van der Waals surface area contributed by atoms with E-state index in [1.807, 2.05) is 31.3 Å². The first-order valence-corrected chi connectivity index (χ1v) is 6.79. The molecular formula is C15H18F3N3. The van der Waals surface area contributed by atoms with E-state index in [1.54, 1.807) is 13.0 Å². The van der Waals surface area contributed by atoms with Crippen LogP contribution in [0.3, 0.4) is 0 Å². The highest BCUT2D eigenvalue weighted by atomic mass is 19.4. The first kappa shape index (κ1) is 15.6. The van der Waals surface area contributed by atoms with Gasteiger partial charge in [0.1, 0.15) is 12.4 Å². The van der Waals surface area contributed by atoms with Crippen LogP contribution >= 0.6 is 0 Å². The number of alkyl halides is 3. The fraction of sp³-hybridized carbons (Fsp3) is 0.400. The Morgan fingerprint density at radius 3 is 2.57 bits per heavy atom. The maximum absolute atomic E-state index is 12.7. The van der Waals surface area contributed by atoms with E-state index in [9.17, 15) is 13.2 Å². The second-order valence-corrected chi connectivity index (χ2v) is 4.82. The molecular weight excluding hydrogens is 279 g/mol. The molecule has 0 fully saturated rings. The van der Waals surface area contributed by atoms with E-state index in [2.05, 4.69) is 10.3 Å². The number of nitrogens with one attached hydrogen (secondary N) is 1. The van der Waals surface area contributed by atoms with E-state index in [1.165, 1.54) is 4.90 Å². The van der Waals surface area contributed by atoms with Gasteiger partial charge in [-0.3, -0.25) is 0 Å². The third kappa shape index (κ3) is 3.85. The van der Waals surface area contributed by atoms with Crippen molar-refractivity contribution in [1.29, 1.82) is 0 Å². The number of pyridine rings is 1. The molecule has 3 nitrogen and oxygen atoms in total. The van der Waals surface area contributed by atoms with E-state index in [0.717, 1.165) is 10.9 Å². The molecule has 1 aromatic carbocycles. The second kappa shape index (κ2) is 6.30. The summed E-state index contributed by atoms with van der Waals surface area (Å²) in [6.45, 7) is 1.54. The zero-order valence-corrected chi connectivity index (χ0v) is 12.0. The minimum Gasteiger partial charge on any atom is -0.348 e. The summed E-state index contributed by atoms with van der Waals surface area (Å²) in [6.07, 6.45) is -4.24. The molecule has 1 aromatic heterocycles. The van der Waals surface area contributed by atoms with Gasteiger partial charge >= 0.3 is 6.18 Å². The van der Waals surface area contributed by atoms with E-state index >= 15 is 0 Å². The SMILES string of the molecule is CCN(CC(F)(F)F)c1cc(CNC)c2ccccc2n1. The Morgan fingerprint density at radius 2 is 1.95 bits per heavy atom. The molecule has 1 heterocycles. The van der Waals surface area contributed by atoms with Crippen molar-refractivity contribution in [2.24, 2.45) is 0 Å². The Hall–Kier alpha value is -1.82. The third-order valence-corrected chi connectivity index (χ3v) is 3.23. The summed E-state index contributed by atoms with van der Waals surface area (Å²) >= 11 is 0. The standard InChI is InChI=1S/C15H18F3N3/c1-3-21(10-15(16,17)18)14-8-11(9-19-2)12-6-4-5-7-13(12)20-14/h4-8,19H,3,9-10H2,1-2H3. The average Bonchev–Trinajstić information content (AvgIpc) is 2.44. The van der Waals surface area contributed by atoms with Gasteiger partial charge in [-0.2, -0.15) is 13.2 Å². The van der Waals surface area contributed by atoms with Gasteiger partial charge < -0.3 is 10.2 Å². The molecule has 2 rings (SSSR count). The largest absolute Gasteiger partial charge is 0.405 e. The summed E-state index contributed by atoms with van der Waals surface area (Å²) in [5, 5.41) is 4.00. The van der Waals surface area contributed by atoms with Gasteiger partial charge in [0.2, 0.25) is 0 Å². The number of hydrogen-bond donors (Lipinski definition) is 1. The lowest BCUT2D eigenvalue weighted by molar-refractivity contribution is -0.119. The first-order chi connectivity index (χ1) is 9.94. The van der Waals surface area contributed by atoms with Crippen molar-refractivity contribution in [2.45, 2.75) is 19.6 Å². The zero-order valence-electron chi connectivity index (χ0n) is 12.0. The molecule has 0 bridgehead atoms. The average molecular weight is 297 g/mol. The Balaban J connectivity index is 2.47. The van der Waals surface area contributed by atoms with Crippen molar-refractivity contribution in [3.63, 3.8) is 0 Å². The Labute approximate surface area is 121 Å². The molecule has 0 aliphatic heterocycles. The van der Waals surface area contributed by atoms with E-state index in [-0.39, 0.29) is 6.54 Å². The third-order valence-electron chi connectivity index (χ3n) is 3.23.